The van der Waals surface area contributed by atoms with Gasteiger partial charge >= 0.3 is 0 Å². The summed E-state index contributed by atoms with van der Waals surface area (Å²) in [4.78, 5) is 41.7. The maximum Gasteiger partial charge on any atom is 0.274 e. The van der Waals surface area contributed by atoms with Crippen LogP contribution in [0.25, 0.3) is 0 Å². The van der Waals surface area contributed by atoms with E-state index >= 15 is 0 Å². The molecule has 0 aliphatic carbocycles. The van der Waals surface area contributed by atoms with Crippen molar-refractivity contribution in [1.82, 2.24) is 14.8 Å². The Balaban J connectivity index is 1.54. The molecule has 1 N–H and O–H groups in total. The van der Waals surface area contributed by atoms with Gasteiger partial charge in [-0.25, -0.2) is 13.2 Å². The largest absolute Gasteiger partial charge is 0.483 e. The van der Waals surface area contributed by atoms with Crippen molar-refractivity contribution in [3.05, 3.63) is 111 Å². The number of hydrogen-bond acceptors (Lipinski definition) is 4. The SMILES string of the molecule is C=C1CCN2C[C@H](C1)n1cc(C(=O)NCc3c(F)cc(F)cc3F)c(=O)c(OCc3ccccc3)c1C2=O. The number of pyridine rings is 1. The van der Waals surface area contributed by atoms with Gasteiger partial charge in [0, 0.05) is 43.5 Å². The third kappa shape index (κ3) is 4.81. The van der Waals surface area contributed by atoms with Gasteiger partial charge in [-0.2, -0.15) is 0 Å². The monoisotopic (exact) mass is 523 g/mol. The summed E-state index contributed by atoms with van der Waals surface area (Å²) in [7, 11) is 0. The van der Waals surface area contributed by atoms with E-state index < -0.39 is 46.8 Å². The van der Waals surface area contributed by atoms with Crippen molar-refractivity contribution in [2.75, 3.05) is 13.1 Å². The highest BCUT2D eigenvalue weighted by Crippen LogP contribution is 2.34. The van der Waals surface area contributed by atoms with Gasteiger partial charge in [0.15, 0.2) is 11.4 Å². The molecule has 1 atom stereocenters. The first-order valence-corrected chi connectivity index (χ1v) is 12.1. The van der Waals surface area contributed by atoms with Crippen molar-refractivity contribution in [2.24, 2.45) is 0 Å². The molecule has 5 rings (SSSR count). The molecule has 3 heterocycles. The minimum atomic E-state index is -1.17. The Labute approximate surface area is 216 Å². The molecular weight excluding hydrogens is 499 g/mol. The van der Waals surface area contributed by atoms with Crippen LogP contribution in [0.2, 0.25) is 0 Å². The highest BCUT2D eigenvalue weighted by molar-refractivity contribution is 5.99. The highest BCUT2D eigenvalue weighted by atomic mass is 19.1. The highest BCUT2D eigenvalue weighted by Gasteiger charge is 2.37. The zero-order valence-electron chi connectivity index (χ0n) is 20.3. The number of aromatic nitrogens is 1. The van der Waals surface area contributed by atoms with Crippen molar-refractivity contribution in [1.29, 1.82) is 0 Å². The van der Waals surface area contributed by atoms with Crippen molar-refractivity contribution in [3.63, 3.8) is 0 Å². The van der Waals surface area contributed by atoms with Crippen LogP contribution < -0.4 is 15.5 Å². The average molecular weight is 524 g/mol. The number of hydrogen-bond donors (Lipinski definition) is 1. The van der Waals surface area contributed by atoms with Crippen LogP contribution >= 0.6 is 0 Å². The van der Waals surface area contributed by atoms with Crippen molar-refractivity contribution >= 4 is 11.8 Å². The maximum absolute atomic E-state index is 14.1. The van der Waals surface area contributed by atoms with E-state index in [1.165, 1.54) is 6.20 Å². The Morgan fingerprint density at radius 2 is 1.82 bits per heavy atom. The van der Waals surface area contributed by atoms with E-state index in [0.29, 0.717) is 38.1 Å². The number of halogens is 3. The number of nitrogens with one attached hydrogen (secondary N) is 1. The minimum Gasteiger partial charge on any atom is -0.483 e. The van der Waals surface area contributed by atoms with Gasteiger partial charge < -0.3 is 19.5 Å². The fourth-order valence-electron chi connectivity index (χ4n) is 4.79. The first kappa shape index (κ1) is 25.3. The van der Waals surface area contributed by atoms with Crippen LogP contribution in [0.3, 0.4) is 0 Å². The predicted octanol–water partition coefficient (Wildman–Crippen LogP) is 4.12. The molecule has 196 valence electrons. The standard InChI is InChI=1S/C28H24F3N3O4/c1-16-7-8-33-13-19(9-16)34-14-21(27(36)32-12-20-22(30)10-18(29)11-23(20)31)25(35)26(24(34)28(33)37)38-15-17-5-3-2-4-6-17/h2-6,10-11,14,19H,1,7-9,12-13,15H2,(H,32,36)/t19-/m0/s1. The molecule has 2 amide bonds. The third-order valence-electron chi connectivity index (χ3n) is 6.77. The van der Waals surface area contributed by atoms with Crippen LogP contribution in [0.1, 0.15) is 50.9 Å². The Kier molecular flexibility index (Phi) is 6.79. The molecule has 0 saturated carbocycles. The molecule has 2 aliphatic rings. The maximum atomic E-state index is 14.1. The summed E-state index contributed by atoms with van der Waals surface area (Å²) in [5.74, 6) is -5.00. The summed E-state index contributed by atoms with van der Waals surface area (Å²) in [5, 5.41) is 2.33. The molecule has 2 bridgehead atoms. The van der Waals surface area contributed by atoms with E-state index in [4.69, 9.17) is 4.74 Å². The molecule has 1 saturated heterocycles. The number of carbonyl (C=O) groups is 2. The number of amides is 2. The number of rotatable bonds is 6. The van der Waals surface area contributed by atoms with Crippen LogP contribution in [0.4, 0.5) is 13.2 Å². The molecule has 10 heteroatoms. The van der Waals surface area contributed by atoms with Gasteiger partial charge in [-0.1, -0.05) is 42.5 Å². The minimum absolute atomic E-state index is 0.0230. The Hall–Kier alpha value is -4.34. The van der Waals surface area contributed by atoms with E-state index in [-0.39, 0.29) is 29.7 Å². The molecule has 38 heavy (non-hydrogen) atoms. The predicted molar refractivity (Wildman–Crippen MR) is 132 cm³/mol. The van der Waals surface area contributed by atoms with Crippen molar-refractivity contribution in [2.45, 2.75) is 32.0 Å². The summed E-state index contributed by atoms with van der Waals surface area (Å²) in [5.41, 5.74) is -0.00472. The summed E-state index contributed by atoms with van der Waals surface area (Å²) < 4.78 is 48.9. The molecule has 2 aliphatic heterocycles. The Morgan fingerprint density at radius 1 is 1.11 bits per heavy atom. The fraction of sp³-hybridized carbons (Fsp3) is 0.250. The molecule has 0 radical (unpaired) electrons. The molecular formula is C28H24F3N3O4. The van der Waals surface area contributed by atoms with Gasteiger partial charge in [0.05, 0.1) is 6.04 Å². The second-order valence-corrected chi connectivity index (χ2v) is 9.37. The van der Waals surface area contributed by atoms with E-state index in [1.54, 1.807) is 33.7 Å². The Morgan fingerprint density at radius 3 is 2.53 bits per heavy atom. The van der Waals surface area contributed by atoms with Crippen LogP contribution in [0.5, 0.6) is 5.75 Å². The lowest BCUT2D eigenvalue weighted by atomic mass is 10.0. The summed E-state index contributed by atoms with van der Waals surface area (Å²) in [6.07, 6.45) is 2.44. The second kappa shape index (κ2) is 10.2. The zero-order valence-corrected chi connectivity index (χ0v) is 20.3. The quantitative estimate of drug-likeness (QED) is 0.493. The van der Waals surface area contributed by atoms with Crippen molar-refractivity contribution in [3.8, 4) is 5.75 Å². The zero-order chi connectivity index (χ0) is 27.0. The van der Waals surface area contributed by atoms with E-state index in [2.05, 4.69) is 11.9 Å². The summed E-state index contributed by atoms with van der Waals surface area (Å²) in [6.45, 7) is 4.26. The first-order chi connectivity index (χ1) is 18.2. The lowest BCUT2D eigenvalue weighted by Crippen LogP contribution is -2.44. The molecule has 2 aromatic carbocycles. The van der Waals surface area contributed by atoms with Crippen LogP contribution in [0.15, 0.2) is 65.6 Å². The summed E-state index contributed by atoms with van der Waals surface area (Å²) in [6, 6.07) is 9.74. The topological polar surface area (TPSA) is 80.6 Å². The Bertz CT molecular complexity index is 1480. The molecule has 3 aromatic rings. The number of ether oxygens (including phenoxy) is 1. The lowest BCUT2D eigenvalue weighted by Gasteiger charge is -2.35. The molecule has 7 nitrogen and oxygen atoms in total. The number of benzene rings is 2. The third-order valence-corrected chi connectivity index (χ3v) is 6.77. The van der Waals surface area contributed by atoms with Crippen LogP contribution in [-0.4, -0.2) is 34.4 Å². The number of carbonyl (C=O) groups excluding carboxylic acids is 2. The smallest absolute Gasteiger partial charge is 0.274 e. The van der Waals surface area contributed by atoms with E-state index in [0.717, 1.165) is 11.1 Å². The number of fused-ring (bicyclic) bond motifs is 4. The normalized spacial score (nSPS) is 16.6. The second-order valence-electron chi connectivity index (χ2n) is 9.37. The molecule has 0 unspecified atom stereocenters. The lowest BCUT2D eigenvalue weighted by molar-refractivity contribution is 0.0673. The van der Waals surface area contributed by atoms with Crippen molar-refractivity contribution < 1.29 is 27.5 Å². The fourth-order valence-corrected chi connectivity index (χ4v) is 4.79. The van der Waals surface area contributed by atoms with Crippen LogP contribution in [0, 0.1) is 17.5 Å². The molecule has 1 fully saturated rings. The molecule has 1 aromatic heterocycles. The number of nitrogens with zero attached hydrogens (tertiary/aromatic N) is 2. The van der Waals surface area contributed by atoms with Gasteiger partial charge in [-0.05, 0) is 18.4 Å². The van der Waals surface area contributed by atoms with Gasteiger partial charge in [-0.15, -0.1) is 0 Å². The molecule has 0 spiro atoms. The van der Waals surface area contributed by atoms with Crippen LogP contribution in [-0.2, 0) is 13.2 Å². The average Bonchev–Trinajstić information content (AvgIpc) is 3.06. The van der Waals surface area contributed by atoms with Gasteiger partial charge in [0.25, 0.3) is 11.8 Å². The van der Waals surface area contributed by atoms with E-state index in [9.17, 15) is 27.6 Å². The van der Waals surface area contributed by atoms with Gasteiger partial charge in [0.2, 0.25) is 5.43 Å². The summed E-state index contributed by atoms with van der Waals surface area (Å²) >= 11 is 0. The van der Waals surface area contributed by atoms with E-state index in [1.807, 2.05) is 6.07 Å². The van der Waals surface area contributed by atoms with Gasteiger partial charge in [-0.3, -0.25) is 14.4 Å². The first-order valence-electron chi connectivity index (χ1n) is 12.1. The van der Waals surface area contributed by atoms with Gasteiger partial charge in [0.1, 0.15) is 29.6 Å².